The van der Waals surface area contributed by atoms with Gasteiger partial charge >= 0.3 is 0 Å². The third-order valence-electron chi connectivity index (χ3n) is 5.72. The van der Waals surface area contributed by atoms with Gasteiger partial charge in [-0.15, -0.1) is 0 Å². The molecule has 1 aromatic rings. The lowest BCUT2D eigenvalue weighted by molar-refractivity contribution is -0.119. The highest BCUT2D eigenvalue weighted by Gasteiger charge is 2.48. The number of hydrogen-bond donors (Lipinski definition) is 3. The average Bonchev–Trinajstić information content (AvgIpc) is 2.81. The smallest absolute Gasteiger partial charge is 0.274 e. The lowest BCUT2D eigenvalue weighted by atomic mass is 9.78. The molecule has 3 heterocycles. The van der Waals surface area contributed by atoms with Gasteiger partial charge in [-0.05, 0) is 25.8 Å². The van der Waals surface area contributed by atoms with Gasteiger partial charge in [-0.25, -0.2) is 9.97 Å². The molecular weight excluding hydrogens is 332 g/mol. The Balaban J connectivity index is 1.46. The van der Waals surface area contributed by atoms with Crippen LogP contribution in [0.3, 0.4) is 0 Å². The van der Waals surface area contributed by atoms with Gasteiger partial charge in [0.05, 0.1) is 30.4 Å². The molecule has 0 bridgehead atoms. The maximum Gasteiger partial charge on any atom is 0.274 e. The minimum atomic E-state index is -0.272. The molecule has 8 heteroatoms. The van der Waals surface area contributed by atoms with Crippen molar-refractivity contribution in [3.05, 3.63) is 18.1 Å². The summed E-state index contributed by atoms with van der Waals surface area (Å²) in [5.74, 6) is 0.653. The monoisotopic (exact) mass is 358 g/mol. The van der Waals surface area contributed by atoms with Gasteiger partial charge in [0.2, 0.25) is 5.91 Å². The number of carbonyl (C=O) groups is 2. The van der Waals surface area contributed by atoms with Crippen molar-refractivity contribution in [3.63, 3.8) is 0 Å². The fraction of sp³-hybridized carbons (Fsp3) is 0.667. The van der Waals surface area contributed by atoms with E-state index in [2.05, 4.69) is 25.9 Å². The number of fused-ring (bicyclic) bond motifs is 1. The first-order valence-electron chi connectivity index (χ1n) is 9.56. The van der Waals surface area contributed by atoms with Crippen molar-refractivity contribution >= 4 is 17.6 Å². The van der Waals surface area contributed by atoms with Crippen LogP contribution in [-0.2, 0) is 4.79 Å². The third-order valence-corrected chi connectivity index (χ3v) is 5.72. The molecule has 2 aliphatic heterocycles. The van der Waals surface area contributed by atoms with Crippen LogP contribution in [-0.4, -0.2) is 64.4 Å². The molecule has 4 rings (SSSR count). The Hall–Kier alpha value is -2.22. The quantitative estimate of drug-likeness (QED) is 0.729. The van der Waals surface area contributed by atoms with Crippen molar-refractivity contribution in [1.82, 2.24) is 25.5 Å². The molecule has 140 valence electrons. The third kappa shape index (κ3) is 3.38. The molecular formula is C18H26N6O2. The molecule has 0 radical (unpaired) electrons. The van der Waals surface area contributed by atoms with Gasteiger partial charge in [-0.2, -0.15) is 0 Å². The van der Waals surface area contributed by atoms with Crippen molar-refractivity contribution in [2.75, 3.05) is 31.5 Å². The highest BCUT2D eigenvalue weighted by atomic mass is 16.2. The first-order valence-corrected chi connectivity index (χ1v) is 9.56. The van der Waals surface area contributed by atoms with Crippen molar-refractivity contribution in [2.24, 2.45) is 0 Å². The van der Waals surface area contributed by atoms with E-state index in [0.29, 0.717) is 24.5 Å². The maximum absolute atomic E-state index is 12.6. The lowest BCUT2D eigenvalue weighted by Gasteiger charge is -2.39. The Kier molecular flexibility index (Phi) is 4.76. The molecule has 2 saturated heterocycles. The van der Waals surface area contributed by atoms with E-state index >= 15 is 0 Å². The molecule has 1 aliphatic carbocycles. The van der Waals surface area contributed by atoms with Crippen molar-refractivity contribution < 1.29 is 9.59 Å². The molecule has 0 spiro atoms. The molecule has 3 fully saturated rings. The van der Waals surface area contributed by atoms with E-state index in [4.69, 9.17) is 0 Å². The Morgan fingerprint density at radius 1 is 1.19 bits per heavy atom. The van der Waals surface area contributed by atoms with Crippen LogP contribution in [0, 0.1) is 0 Å². The first kappa shape index (κ1) is 17.2. The van der Waals surface area contributed by atoms with Crippen molar-refractivity contribution in [3.8, 4) is 0 Å². The number of hydrogen-bond acceptors (Lipinski definition) is 6. The molecule has 2 amide bonds. The topological polar surface area (TPSA) is 99.2 Å². The van der Waals surface area contributed by atoms with Gasteiger partial charge in [0.15, 0.2) is 0 Å². The number of carbonyl (C=O) groups excluding carboxylic acids is 2. The lowest BCUT2D eigenvalue weighted by Crippen LogP contribution is -2.51. The summed E-state index contributed by atoms with van der Waals surface area (Å²) in [5, 5.41) is 9.82. The van der Waals surface area contributed by atoms with Crippen LogP contribution in [0.25, 0.3) is 0 Å². The second-order valence-electron chi connectivity index (χ2n) is 7.51. The molecule has 1 saturated carbocycles. The zero-order chi connectivity index (χ0) is 18.0. The molecule has 0 unspecified atom stereocenters. The van der Waals surface area contributed by atoms with Gasteiger partial charge in [0, 0.05) is 19.6 Å². The summed E-state index contributed by atoms with van der Waals surface area (Å²) in [7, 11) is 0. The van der Waals surface area contributed by atoms with E-state index < -0.39 is 0 Å². The Morgan fingerprint density at radius 3 is 2.96 bits per heavy atom. The predicted molar refractivity (Wildman–Crippen MR) is 96.8 cm³/mol. The maximum atomic E-state index is 12.6. The van der Waals surface area contributed by atoms with E-state index in [0.717, 1.165) is 51.7 Å². The van der Waals surface area contributed by atoms with Crippen LogP contribution in [0.5, 0.6) is 0 Å². The Labute approximate surface area is 153 Å². The zero-order valence-electron chi connectivity index (χ0n) is 15.0. The number of rotatable bonds is 3. The van der Waals surface area contributed by atoms with Crippen molar-refractivity contribution in [1.29, 1.82) is 0 Å². The van der Waals surface area contributed by atoms with Gasteiger partial charge in [-0.1, -0.05) is 12.8 Å². The summed E-state index contributed by atoms with van der Waals surface area (Å²) in [5.41, 5.74) is 0.0993. The Bertz CT molecular complexity index is 671. The summed E-state index contributed by atoms with van der Waals surface area (Å²) < 4.78 is 0. The second kappa shape index (κ2) is 7.19. The van der Waals surface area contributed by atoms with E-state index in [-0.39, 0.29) is 23.4 Å². The fourth-order valence-electron chi connectivity index (χ4n) is 4.36. The predicted octanol–water partition coefficient (Wildman–Crippen LogP) is 0.525. The molecule has 3 aliphatic rings. The summed E-state index contributed by atoms with van der Waals surface area (Å²) in [6, 6.07) is 0.149. The first-order chi connectivity index (χ1) is 12.7. The van der Waals surface area contributed by atoms with Crippen LogP contribution in [0.2, 0.25) is 0 Å². The number of aromatic nitrogens is 2. The van der Waals surface area contributed by atoms with Crippen molar-refractivity contribution in [2.45, 2.75) is 50.1 Å². The van der Waals surface area contributed by atoms with Crippen LogP contribution in [0.15, 0.2) is 12.4 Å². The normalized spacial score (nSPS) is 28.8. The largest absolute Gasteiger partial charge is 0.361 e. The summed E-state index contributed by atoms with van der Waals surface area (Å²) in [6.07, 6.45) is 8.76. The van der Waals surface area contributed by atoms with Crippen LogP contribution in [0.1, 0.15) is 49.0 Å². The minimum absolute atomic E-state index is 0.0702. The molecule has 3 N–H and O–H groups in total. The molecule has 0 aromatic carbocycles. The van der Waals surface area contributed by atoms with Gasteiger partial charge < -0.3 is 20.9 Å². The highest BCUT2D eigenvalue weighted by Crippen LogP contribution is 2.37. The van der Waals surface area contributed by atoms with Crippen LogP contribution >= 0.6 is 0 Å². The van der Waals surface area contributed by atoms with Crippen LogP contribution in [0.4, 0.5) is 5.82 Å². The zero-order valence-corrected chi connectivity index (χ0v) is 15.0. The molecule has 8 nitrogen and oxygen atoms in total. The van der Waals surface area contributed by atoms with E-state index in [9.17, 15) is 9.59 Å². The Morgan fingerprint density at radius 2 is 2.12 bits per heavy atom. The van der Waals surface area contributed by atoms with Gasteiger partial charge in [0.25, 0.3) is 5.91 Å². The fourth-order valence-corrected chi connectivity index (χ4v) is 4.36. The summed E-state index contributed by atoms with van der Waals surface area (Å²) in [6.45, 7) is 3.18. The SMILES string of the molecule is O=C1C[C@]2(Nc3cnc(C(=O)N4CCCNCC4)cn3)CCCC[C@@H]2N1. The van der Waals surface area contributed by atoms with Gasteiger partial charge in [0.1, 0.15) is 11.5 Å². The van der Waals surface area contributed by atoms with E-state index in [1.165, 1.54) is 0 Å². The number of amides is 2. The summed E-state index contributed by atoms with van der Waals surface area (Å²) >= 11 is 0. The average molecular weight is 358 g/mol. The number of nitrogens with one attached hydrogen (secondary N) is 3. The standard InChI is InChI=1S/C18H26N6O2/c25-16-10-18(5-2-1-4-14(18)22-16)23-15-12-20-13(11-21-15)17(26)24-8-3-6-19-7-9-24/h11-12,14,19H,1-10H2,(H,21,23)(H,22,25)/t14-,18+/m0/s1. The van der Waals surface area contributed by atoms with Crippen LogP contribution < -0.4 is 16.0 Å². The second-order valence-corrected chi connectivity index (χ2v) is 7.51. The number of nitrogens with zero attached hydrogens (tertiary/aromatic N) is 3. The summed E-state index contributed by atoms with van der Waals surface area (Å²) in [4.78, 5) is 35.1. The van der Waals surface area contributed by atoms with E-state index in [1.807, 2.05) is 4.90 Å². The number of anilines is 1. The highest BCUT2D eigenvalue weighted by molar-refractivity contribution is 5.92. The van der Waals surface area contributed by atoms with E-state index in [1.54, 1.807) is 12.4 Å². The molecule has 1 aromatic heterocycles. The minimum Gasteiger partial charge on any atom is -0.361 e. The molecule has 26 heavy (non-hydrogen) atoms. The van der Waals surface area contributed by atoms with Gasteiger partial charge in [-0.3, -0.25) is 9.59 Å². The molecule has 2 atom stereocenters.